The van der Waals surface area contributed by atoms with Crippen molar-refractivity contribution >= 4 is 29.3 Å². The summed E-state index contributed by atoms with van der Waals surface area (Å²) in [4.78, 5) is 24.9. The standard InChI is InChI=1S/C12H14N2O3S/c1-13-5-8-2-3-10-9(4-8)14(6-12(16)17)11(15)7-18-10/h2-4,13H,5-7H2,1H3,(H,16,17). The number of rotatable bonds is 4. The molecular weight excluding hydrogens is 252 g/mol. The molecule has 1 amide bonds. The maximum absolute atomic E-state index is 11.8. The zero-order chi connectivity index (χ0) is 13.1. The number of benzene rings is 1. The number of hydrogen-bond donors (Lipinski definition) is 2. The average Bonchev–Trinajstić information content (AvgIpc) is 2.33. The molecule has 18 heavy (non-hydrogen) atoms. The number of amides is 1. The maximum Gasteiger partial charge on any atom is 0.323 e. The van der Waals surface area contributed by atoms with Crippen LogP contribution in [0, 0.1) is 0 Å². The first-order chi connectivity index (χ1) is 8.61. The van der Waals surface area contributed by atoms with Crippen LogP contribution >= 0.6 is 11.8 Å². The minimum absolute atomic E-state index is 0.156. The molecule has 0 saturated heterocycles. The van der Waals surface area contributed by atoms with E-state index in [1.807, 2.05) is 25.2 Å². The van der Waals surface area contributed by atoms with E-state index in [1.54, 1.807) is 0 Å². The maximum atomic E-state index is 11.8. The van der Waals surface area contributed by atoms with Crippen LogP contribution in [0.15, 0.2) is 23.1 Å². The Balaban J connectivity index is 2.36. The van der Waals surface area contributed by atoms with E-state index in [9.17, 15) is 9.59 Å². The highest BCUT2D eigenvalue weighted by atomic mass is 32.2. The molecule has 0 atom stereocenters. The second kappa shape index (κ2) is 5.41. The summed E-state index contributed by atoms with van der Waals surface area (Å²) in [6.45, 7) is 0.405. The smallest absolute Gasteiger partial charge is 0.323 e. The third-order valence-electron chi connectivity index (χ3n) is 2.64. The van der Waals surface area contributed by atoms with E-state index in [4.69, 9.17) is 5.11 Å². The molecule has 0 radical (unpaired) electrons. The monoisotopic (exact) mass is 266 g/mol. The Labute approximate surface area is 109 Å². The Bertz CT molecular complexity index is 490. The molecule has 1 aliphatic rings. The number of thioether (sulfide) groups is 1. The minimum atomic E-state index is -1.000. The van der Waals surface area contributed by atoms with Crippen LogP contribution < -0.4 is 10.2 Å². The third-order valence-corrected chi connectivity index (χ3v) is 3.69. The summed E-state index contributed by atoms with van der Waals surface area (Å²) >= 11 is 1.45. The van der Waals surface area contributed by atoms with Gasteiger partial charge in [-0.25, -0.2) is 0 Å². The zero-order valence-electron chi connectivity index (χ0n) is 9.97. The first-order valence-electron chi connectivity index (χ1n) is 5.54. The molecule has 1 aromatic carbocycles. The minimum Gasteiger partial charge on any atom is -0.480 e. The first-order valence-corrected chi connectivity index (χ1v) is 6.53. The number of nitrogens with one attached hydrogen (secondary N) is 1. The lowest BCUT2D eigenvalue weighted by atomic mass is 10.1. The lowest BCUT2D eigenvalue weighted by molar-refractivity contribution is -0.136. The Morgan fingerprint density at radius 3 is 3.00 bits per heavy atom. The highest BCUT2D eigenvalue weighted by Gasteiger charge is 2.26. The number of carboxylic acids is 1. The molecule has 0 bridgehead atoms. The number of anilines is 1. The summed E-state index contributed by atoms with van der Waals surface area (Å²) in [7, 11) is 1.84. The molecule has 96 valence electrons. The van der Waals surface area contributed by atoms with Gasteiger partial charge in [0, 0.05) is 11.4 Å². The van der Waals surface area contributed by atoms with Gasteiger partial charge >= 0.3 is 5.97 Å². The van der Waals surface area contributed by atoms with Crippen LogP contribution in [0.25, 0.3) is 0 Å². The van der Waals surface area contributed by atoms with Crippen molar-refractivity contribution in [1.82, 2.24) is 5.32 Å². The van der Waals surface area contributed by atoms with Crippen molar-refractivity contribution in [3.8, 4) is 0 Å². The van der Waals surface area contributed by atoms with Crippen molar-refractivity contribution in [2.24, 2.45) is 0 Å². The highest BCUT2D eigenvalue weighted by Crippen LogP contribution is 2.35. The molecule has 1 aliphatic heterocycles. The highest BCUT2D eigenvalue weighted by molar-refractivity contribution is 8.00. The van der Waals surface area contributed by atoms with E-state index in [-0.39, 0.29) is 12.5 Å². The van der Waals surface area contributed by atoms with E-state index in [1.165, 1.54) is 16.7 Å². The van der Waals surface area contributed by atoms with Crippen LogP contribution in [-0.2, 0) is 16.1 Å². The quantitative estimate of drug-likeness (QED) is 0.848. The molecular formula is C12H14N2O3S. The molecule has 0 unspecified atom stereocenters. The lowest BCUT2D eigenvalue weighted by Crippen LogP contribution is -2.39. The second-order valence-electron chi connectivity index (χ2n) is 3.99. The Morgan fingerprint density at radius 1 is 1.56 bits per heavy atom. The second-order valence-corrected chi connectivity index (χ2v) is 5.01. The van der Waals surface area contributed by atoms with Crippen molar-refractivity contribution in [2.75, 3.05) is 24.2 Å². The van der Waals surface area contributed by atoms with E-state index < -0.39 is 5.97 Å². The molecule has 0 spiro atoms. The molecule has 0 fully saturated rings. The van der Waals surface area contributed by atoms with Crippen molar-refractivity contribution in [2.45, 2.75) is 11.4 Å². The molecule has 2 N–H and O–H groups in total. The average molecular weight is 266 g/mol. The molecule has 6 heteroatoms. The van der Waals surface area contributed by atoms with E-state index in [0.717, 1.165) is 10.5 Å². The third kappa shape index (κ3) is 2.65. The van der Waals surface area contributed by atoms with Gasteiger partial charge in [-0.3, -0.25) is 14.5 Å². The van der Waals surface area contributed by atoms with Crippen LogP contribution in [0.1, 0.15) is 5.56 Å². The molecule has 0 aromatic heterocycles. The summed E-state index contributed by atoms with van der Waals surface area (Å²) in [5, 5.41) is 11.9. The van der Waals surface area contributed by atoms with Crippen LogP contribution in [0.4, 0.5) is 5.69 Å². The number of nitrogens with zero attached hydrogens (tertiary/aromatic N) is 1. The van der Waals surface area contributed by atoms with Gasteiger partial charge in [0.2, 0.25) is 5.91 Å². The van der Waals surface area contributed by atoms with Crippen LogP contribution in [0.2, 0.25) is 0 Å². The molecule has 5 nitrogen and oxygen atoms in total. The van der Waals surface area contributed by atoms with Crippen LogP contribution in [0.3, 0.4) is 0 Å². The van der Waals surface area contributed by atoms with Gasteiger partial charge in [0.25, 0.3) is 0 Å². The van der Waals surface area contributed by atoms with Crippen molar-refractivity contribution < 1.29 is 14.7 Å². The van der Waals surface area contributed by atoms with Gasteiger partial charge in [-0.05, 0) is 24.7 Å². The molecule has 2 rings (SSSR count). The lowest BCUT2D eigenvalue weighted by Gasteiger charge is -2.28. The Morgan fingerprint density at radius 2 is 2.33 bits per heavy atom. The number of carbonyl (C=O) groups is 2. The van der Waals surface area contributed by atoms with Crippen molar-refractivity contribution in [3.63, 3.8) is 0 Å². The van der Waals surface area contributed by atoms with Gasteiger partial charge in [0.05, 0.1) is 11.4 Å². The number of aliphatic carboxylic acids is 1. The van der Waals surface area contributed by atoms with E-state index in [2.05, 4.69) is 5.32 Å². The molecule has 1 aromatic rings. The van der Waals surface area contributed by atoms with Gasteiger partial charge in [-0.1, -0.05) is 6.07 Å². The summed E-state index contributed by atoms with van der Waals surface area (Å²) in [6.07, 6.45) is 0. The predicted octanol–water partition coefficient (Wildman–Crippen LogP) is 0.929. The largest absolute Gasteiger partial charge is 0.480 e. The summed E-state index contributed by atoms with van der Waals surface area (Å²) in [6, 6.07) is 5.80. The van der Waals surface area contributed by atoms with Crippen LogP contribution in [-0.4, -0.2) is 36.3 Å². The SMILES string of the molecule is CNCc1ccc2c(c1)N(CC(=O)O)C(=O)CS2. The van der Waals surface area contributed by atoms with Crippen LogP contribution in [0.5, 0.6) is 0 Å². The first kappa shape index (κ1) is 12.9. The number of fused-ring (bicyclic) bond motifs is 1. The fraction of sp³-hybridized carbons (Fsp3) is 0.333. The number of carboxylic acid groups (broad SMARTS) is 1. The van der Waals surface area contributed by atoms with Gasteiger partial charge in [-0.15, -0.1) is 11.8 Å². The van der Waals surface area contributed by atoms with Gasteiger partial charge < -0.3 is 10.4 Å². The Hall–Kier alpha value is -1.53. The van der Waals surface area contributed by atoms with E-state index >= 15 is 0 Å². The normalized spacial score (nSPS) is 14.5. The van der Waals surface area contributed by atoms with Gasteiger partial charge in [0.1, 0.15) is 6.54 Å². The molecule has 0 aliphatic carbocycles. The predicted molar refractivity (Wildman–Crippen MR) is 69.9 cm³/mol. The van der Waals surface area contributed by atoms with Gasteiger partial charge in [0.15, 0.2) is 0 Å². The molecule has 1 heterocycles. The number of carbonyl (C=O) groups excluding carboxylic acids is 1. The summed E-state index contributed by atoms with van der Waals surface area (Å²) in [5.41, 5.74) is 1.73. The van der Waals surface area contributed by atoms with Gasteiger partial charge in [-0.2, -0.15) is 0 Å². The molecule has 0 saturated carbocycles. The summed E-state index contributed by atoms with van der Waals surface area (Å²) in [5.74, 6) is -0.859. The zero-order valence-corrected chi connectivity index (χ0v) is 10.8. The van der Waals surface area contributed by atoms with Crippen molar-refractivity contribution in [3.05, 3.63) is 23.8 Å². The van der Waals surface area contributed by atoms with Crippen molar-refractivity contribution in [1.29, 1.82) is 0 Å². The number of hydrogen-bond acceptors (Lipinski definition) is 4. The van der Waals surface area contributed by atoms with E-state index in [0.29, 0.717) is 18.0 Å². The fourth-order valence-corrected chi connectivity index (χ4v) is 2.79. The fourth-order valence-electron chi connectivity index (χ4n) is 1.87. The topological polar surface area (TPSA) is 69.6 Å². The summed E-state index contributed by atoms with van der Waals surface area (Å²) < 4.78 is 0. The Kier molecular flexibility index (Phi) is 3.88.